The summed E-state index contributed by atoms with van der Waals surface area (Å²) < 4.78 is 13.2. The largest absolute Gasteiger partial charge is 0.466 e. The van der Waals surface area contributed by atoms with Crippen molar-refractivity contribution in [2.75, 3.05) is 19.8 Å². The first-order chi connectivity index (χ1) is 8.31. The zero-order valence-electron chi connectivity index (χ0n) is 12.1. The van der Waals surface area contributed by atoms with Gasteiger partial charge in [0.25, 0.3) is 0 Å². The summed E-state index contributed by atoms with van der Waals surface area (Å²) in [5.41, 5.74) is 0. The van der Waals surface area contributed by atoms with Crippen LogP contribution in [0.15, 0.2) is 0 Å². The zero-order chi connectivity index (χ0) is 15.0. The predicted octanol–water partition coefficient (Wildman–Crippen LogP) is 1.71. The third-order valence-corrected chi connectivity index (χ3v) is 1.04. The lowest BCUT2D eigenvalue weighted by atomic mass is 10.8. The van der Waals surface area contributed by atoms with E-state index in [0.717, 1.165) is 0 Å². The fourth-order valence-electron chi connectivity index (χ4n) is 0.610. The summed E-state index contributed by atoms with van der Waals surface area (Å²) in [6.07, 6.45) is 0. The summed E-state index contributed by atoms with van der Waals surface area (Å²) in [6, 6.07) is 0. The van der Waals surface area contributed by atoms with Crippen LogP contribution in [0.1, 0.15) is 41.5 Å². The molecule has 0 rings (SSSR count). The molecule has 108 valence electrons. The van der Waals surface area contributed by atoms with Crippen LogP contribution in [0.3, 0.4) is 0 Å². The van der Waals surface area contributed by atoms with Gasteiger partial charge in [-0.15, -0.1) is 0 Å². The molecule has 0 heterocycles. The van der Waals surface area contributed by atoms with Crippen LogP contribution in [0.4, 0.5) is 0 Å². The molecule has 0 spiro atoms. The van der Waals surface area contributed by atoms with Crippen molar-refractivity contribution in [3.63, 3.8) is 0 Å². The minimum atomic E-state index is -0.211. The second-order valence-electron chi connectivity index (χ2n) is 2.77. The Morgan fingerprint density at radius 1 is 0.611 bits per heavy atom. The maximum atomic E-state index is 9.82. The Morgan fingerprint density at radius 3 is 0.778 bits per heavy atom. The van der Waals surface area contributed by atoms with Crippen LogP contribution >= 0.6 is 0 Å². The number of esters is 3. The highest BCUT2D eigenvalue weighted by atomic mass is 16.5. The van der Waals surface area contributed by atoms with Crippen molar-refractivity contribution in [1.29, 1.82) is 0 Å². The van der Waals surface area contributed by atoms with Crippen LogP contribution in [-0.4, -0.2) is 37.7 Å². The van der Waals surface area contributed by atoms with E-state index in [1.807, 2.05) is 0 Å². The van der Waals surface area contributed by atoms with Crippen molar-refractivity contribution in [1.82, 2.24) is 0 Å². The van der Waals surface area contributed by atoms with E-state index < -0.39 is 0 Å². The van der Waals surface area contributed by atoms with Crippen molar-refractivity contribution >= 4 is 17.9 Å². The topological polar surface area (TPSA) is 78.9 Å². The first kappa shape index (κ1) is 21.7. The van der Waals surface area contributed by atoms with Crippen LogP contribution in [-0.2, 0) is 28.6 Å². The summed E-state index contributed by atoms with van der Waals surface area (Å²) >= 11 is 0. The third-order valence-electron chi connectivity index (χ3n) is 1.04. The Labute approximate surface area is 109 Å². The Kier molecular flexibility index (Phi) is 21.4. The molecule has 0 unspecified atom stereocenters. The molecular formula is C12H24O6. The number of hydrogen-bond acceptors (Lipinski definition) is 6. The molecule has 0 aliphatic heterocycles. The van der Waals surface area contributed by atoms with Crippen molar-refractivity contribution in [2.45, 2.75) is 41.5 Å². The van der Waals surface area contributed by atoms with Crippen LogP contribution in [0.5, 0.6) is 0 Å². The van der Waals surface area contributed by atoms with Crippen molar-refractivity contribution in [2.24, 2.45) is 0 Å². The molecule has 0 atom stereocenters. The van der Waals surface area contributed by atoms with Gasteiger partial charge in [-0.05, 0) is 20.8 Å². The summed E-state index contributed by atoms with van der Waals surface area (Å²) in [7, 11) is 0. The van der Waals surface area contributed by atoms with Gasteiger partial charge < -0.3 is 14.2 Å². The molecule has 6 nitrogen and oxygen atoms in total. The molecule has 18 heavy (non-hydrogen) atoms. The molecule has 0 aliphatic carbocycles. The number of rotatable bonds is 3. The maximum Gasteiger partial charge on any atom is 0.302 e. The van der Waals surface area contributed by atoms with E-state index in [1.54, 1.807) is 20.8 Å². The fraction of sp³-hybridized carbons (Fsp3) is 0.750. The highest BCUT2D eigenvalue weighted by molar-refractivity contribution is 5.66. The van der Waals surface area contributed by atoms with E-state index >= 15 is 0 Å². The molecule has 0 N–H and O–H groups in total. The fourth-order valence-corrected chi connectivity index (χ4v) is 0.610. The molecule has 0 aliphatic rings. The van der Waals surface area contributed by atoms with Gasteiger partial charge in [-0.3, -0.25) is 14.4 Å². The van der Waals surface area contributed by atoms with Crippen LogP contribution in [0, 0.1) is 0 Å². The molecule has 0 amide bonds. The average molecular weight is 264 g/mol. The molecule has 0 aromatic carbocycles. The summed E-state index contributed by atoms with van der Waals surface area (Å²) in [4.78, 5) is 29.5. The minimum absolute atomic E-state index is 0.211. The zero-order valence-corrected chi connectivity index (χ0v) is 12.1. The van der Waals surface area contributed by atoms with Gasteiger partial charge >= 0.3 is 17.9 Å². The third kappa shape index (κ3) is 47.2. The molecule has 0 saturated heterocycles. The maximum absolute atomic E-state index is 9.82. The quantitative estimate of drug-likeness (QED) is 0.570. The summed E-state index contributed by atoms with van der Waals surface area (Å²) in [6.45, 7) is 11.0. The molecule has 0 aromatic heterocycles. The standard InChI is InChI=1S/3C4H8O2/c3*1-3-6-4(2)5/h3*3H2,1-2H3. The summed E-state index contributed by atoms with van der Waals surface area (Å²) in [5, 5.41) is 0. The number of carbonyl (C=O) groups is 3. The van der Waals surface area contributed by atoms with E-state index in [1.165, 1.54) is 20.8 Å². The lowest BCUT2D eigenvalue weighted by Gasteiger charge is -1.89. The molecule has 0 aromatic rings. The molecule has 0 fully saturated rings. The first-order valence-corrected chi connectivity index (χ1v) is 5.71. The number of ether oxygens (including phenoxy) is 3. The van der Waals surface area contributed by atoms with Crippen LogP contribution < -0.4 is 0 Å². The van der Waals surface area contributed by atoms with Crippen molar-refractivity contribution in [3.8, 4) is 0 Å². The molecule has 0 radical (unpaired) electrons. The van der Waals surface area contributed by atoms with E-state index in [0.29, 0.717) is 19.8 Å². The second kappa shape index (κ2) is 17.8. The van der Waals surface area contributed by atoms with E-state index in [-0.39, 0.29) is 17.9 Å². The van der Waals surface area contributed by atoms with E-state index in [2.05, 4.69) is 14.2 Å². The Bertz CT molecular complexity index is 187. The summed E-state index contributed by atoms with van der Waals surface area (Å²) in [5.74, 6) is -0.632. The first-order valence-electron chi connectivity index (χ1n) is 5.71. The molecule has 0 saturated carbocycles. The van der Waals surface area contributed by atoms with E-state index in [9.17, 15) is 14.4 Å². The van der Waals surface area contributed by atoms with Gasteiger partial charge in [0.1, 0.15) is 0 Å². The lowest BCUT2D eigenvalue weighted by Crippen LogP contribution is -1.95. The molecular weight excluding hydrogens is 240 g/mol. The van der Waals surface area contributed by atoms with Gasteiger partial charge in [-0.1, -0.05) is 0 Å². The van der Waals surface area contributed by atoms with Gasteiger partial charge in [0.2, 0.25) is 0 Å². The Hall–Kier alpha value is -1.59. The normalized spacial score (nSPS) is 7.67. The lowest BCUT2D eigenvalue weighted by molar-refractivity contribution is -0.141. The highest BCUT2D eigenvalue weighted by Gasteiger charge is 1.82. The Balaban J connectivity index is -0.000000187. The van der Waals surface area contributed by atoms with E-state index in [4.69, 9.17) is 0 Å². The second-order valence-corrected chi connectivity index (χ2v) is 2.77. The van der Waals surface area contributed by atoms with Gasteiger partial charge in [0.05, 0.1) is 19.8 Å². The van der Waals surface area contributed by atoms with Crippen LogP contribution in [0.25, 0.3) is 0 Å². The highest BCUT2D eigenvalue weighted by Crippen LogP contribution is 1.70. The smallest absolute Gasteiger partial charge is 0.302 e. The van der Waals surface area contributed by atoms with Gasteiger partial charge in [0.15, 0.2) is 0 Å². The van der Waals surface area contributed by atoms with Gasteiger partial charge in [-0.25, -0.2) is 0 Å². The number of hydrogen-bond donors (Lipinski definition) is 0. The molecule has 0 bridgehead atoms. The van der Waals surface area contributed by atoms with Crippen molar-refractivity contribution < 1.29 is 28.6 Å². The Morgan fingerprint density at radius 2 is 0.778 bits per heavy atom. The SMILES string of the molecule is CCOC(C)=O.CCOC(C)=O.CCOC(C)=O. The van der Waals surface area contributed by atoms with Crippen molar-refractivity contribution in [3.05, 3.63) is 0 Å². The van der Waals surface area contributed by atoms with Gasteiger partial charge in [-0.2, -0.15) is 0 Å². The van der Waals surface area contributed by atoms with Gasteiger partial charge in [0, 0.05) is 20.8 Å². The number of carbonyl (C=O) groups excluding carboxylic acids is 3. The van der Waals surface area contributed by atoms with Crippen LogP contribution in [0.2, 0.25) is 0 Å². The average Bonchev–Trinajstić information content (AvgIpc) is 2.18. The minimum Gasteiger partial charge on any atom is -0.466 e. The predicted molar refractivity (Wildman–Crippen MR) is 66.9 cm³/mol. The molecule has 6 heteroatoms. The monoisotopic (exact) mass is 264 g/mol.